The third kappa shape index (κ3) is 8.39. The molecule has 0 saturated carbocycles. The number of ether oxygens (including phenoxy) is 2. The third-order valence-corrected chi connectivity index (χ3v) is 7.01. The summed E-state index contributed by atoms with van der Waals surface area (Å²) in [5.74, 6) is -0.878. The Balaban J connectivity index is 0.000000351. The van der Waals surface area contributed by atoms with E-state index in [0.29, 0.717) is 0 Å². The number of nitrogens with zero attached hydrogens (tertiary/aromatic N) is 2. The van der Waals surface area contributed by atoms with E-state index >= 15 is 0 Å². The lowest BCUT2D eigenvalue weighted by atomic mass is 9.82. The zero-order valence-electron chi connectivity index (χ0n) is 23.9. The Morgan fingerprint density at radius 3 is 1.37 bits per heavy atom. The van der Waals surface area contributed by atoms with Gasteiger partial charge in [-0.15, -0.1) is 0 Å². The van der Waals surface area contributed by atoms with E-state index in [1.165, 1.54) is 20.6 Å². The van der Waals surface area contributed by atoms with Crippen molar-refractivity contribution < 1.29 is 33.8 Å². The average Bonchev–Trinajstić information content (AvgIpc) is 2.74. The van der Waals surface area contributed by atoms with E-state index in [-0.39, 0.29) is 34.7 Å². The van der Waals surface area contributed by atoms with Crippen LogP contribution in [0.3, 0.4) is 0 Å². The zero-order chi connectivity index (χ0) is 27.2. The van der Waals surface area contributed by atoms with E-state index in [1.807, 2.05) is 10.1 Å². The fourth-order valence-corrected chi connectivity index (χ4v) is 5.30. The topological polar surface area (TPSA) is 97.8 Å². The van der Waals surface area contributed by atoms with Crippen LogP contribution in [0.5, 0.6) is 0 Å². The Labute approximate surface area is 212 Å². The maximum absolute atomic E-state index is 11.5. The quantitative estimate of drug-likeness (QED) is 0.518. The lowest BCUT2D eigenvalue weighted by Gasteiger charge is -2.51. The van der Waals surface area contributed by atoms with Crippen LogP contribution in [0.4, 0.5) is 0 Å². The molecule has 35 heavy (non-hydrogen) atoms. The SMILES string of the molecule is COC(=O)C(C)ON1C(C)(C)CCCC1(C)C.COC(=O)C(CO)ON1C(C)(C)CCCC1(C)C. The maximum Gasteiger partial charge on any atom is 0.339 e. The molecule has 2 fully saturated rings. The molecular weight excluding hydrogens is 452 g/mol. The van der Waals surface area contributed by atoms with Gasteiger partial charge in [-0.3, -0.25) is 9.68 Å². The number of rotatable bonds is 7. The molecule has 1 N–H and O–H groups in total. The summed E-state index contributed by atoms with van der Waals surface area (Å²) in [6, 6.07) is 0. The number of hydroxylamine groups is 4. The molecule has 2 unspecified atom stereocenters. The highest BCUT2D eigenvalue weighted by atomic mass is 16.7. The van der Waals surface area contributed by atoms with Crippen LogP contribution in [0.2, 0.25) is 0 Å². The summed E-state index contributed by atoms with van der Waals surface area (Å²) in [6.45, 7) is 18.3. The van der Waals surface area contributed by atoms with Crippen LogP contribution in [0, 0.1) is 0 Å². The molecule has 2 heterocycles. The molecule has 206 valence electrons. The van der Waals surface area contributed by atoms with Crippen LogP contribution in [0.15, 0.2) is 0 Å². The molecule has 9 nitrogen and oxygen atoms in total. The number of hydrogen-bond acceptors (Lipinski definition) is 9. The van der Waals surface area contributed by atoms with Crippen molar-refractivity contribution in [2.45, 2.75) is 135 Å². The van der Waals surface area contributed by atoms with Crippen molar-refractivity contribution in [3.05, 3.63) is 0 Å². The van der Waals surface area contributed by atoms with Gasteiger partial charge in [-0.1, -0.05) is 0 Å². The number of piperidine rings is 2. The third-order valence-electron chi connectivity index (χ3n) is 7.01. The van der Waals surface area contributed by atoms with Gasteiger partial charge >= 0.3 is 11.9 Å². The van der Waals surface area contributed by atoms with Crippen molar-refractivity contribution in [2.75, 3.05) is 20.8 Å². The molecule has 2 rings (SSSR count). The summed E-state index contributed by atoms with van der Waals surface area (Å²) in [7, 11) is 2.68. The molecule has 2 aliphatic heterocycles. The molecule has 0 aromatic rings. The van der Waals surface area contributed by atoms with Crippen LogP contribution in [0.1, 0.15) is 101 Å². The van der Waals surface area contributed by atoms with Crippen molar-refractivity contribution in [3.8, 4) is 0 Å². The first-order chi connectivity index (χ1) is 15.9. The van der Waals surface area contributed by atoms with Crippen LogP contribution in [-0.4, -0.2) is 82.4 Å². The first-order valence-electron chi connectivity index (χ1n) is 12.7. The van der Waals surface area contributed by atoms with Gasteiger partial charge in [0.1, 0.15) is 0 Å². The van der Waals surface area contributed by atoms with E-state index in [2.05, 4.69) is 60.1 Å². The van der Waals surface area contributed by atoms with Gasteiger partial charge in [0.25, 0.3) is 0 Å². The molecular formula is C26H50N2O7. The number of aliphatic hydroxyl groups is 1. The number of carbonyl (C=O) groups excluding carboxylic acids is 2. The first-order valence-corrected chi connectivity index (χ1v) is 12.7. The van der Waals surface area contributed by atoms with Gasteiger partial charge < -0.3 is 14.6 Å². The van der Waals surface area contributed by atoms with Crippen LogP contribution < -0.4 is 0 Å². The highest BCUT2D eigenvalue weighted by Gasteiger charge is 2.45. The Bertz CT molecular complexity index is 674. The predicted octanol–water partition coefficient (Wildman–Crippen LogP) is 4.02. The number of carbonyl (C=O) groups is 2. The maximum atomic E-state index is 11.5. The highest BCUT2D eigenvalue weighted by molar-refractivity contribution is 5.74. The van der Waals surface area contributed by atoms with Gasteiger partial charge in [-0.05, 0) is 101 Å². The Morgan fingerprint density at radius 2 is 1.06 bits per heavy atom. The minimum absolute atomic E-state index is 0.0516. The molecule has 0 bridgehead atoms. The summed E-state index contributed by atoms with van der Waals surface area (Å²) in [5.41, 5.74) is -0.430. The van der Waals surface area contributed by atoms with Gasteiger partial charge in [-0.2, -0.15) is 10.1 Å². The summed E-state index contributed by atoms with van der Waals surface area (Å²) in [5, 5.41) is 13.1. The second-order valence-corrected chi connectivity index (χ2v) is 12.1. The summed E-state index contributed by atoms with van der Waals surface area (Å²) >= 11 is 0. The van der Waals surface area contributed by atoms with Crippen molar-refractivity contribution in [3.63, 3.8) is 0 Å². The predicted molar refractivity (Wildman–Crippen MR) is 134 cm³/mol. The molecule has 0 aliphatic carbocycles. The van der Waals surface area contributed by atoms with Gasteiger partial charge in [0, 0.05) is 22.2 Å². The van der Waals surface area contributed by atoms with Gasteiger partial charge in [-0.25, -0.2) is 9.59 Å². The second kappa shape index (κ2) is 12.3. The van der Waals surface area contributed by atoms with Crippen molar-refractivity contribution in [1.29, 1.82) is 0 Å². The average molecular weight is 503 g/mol. The number of methoxy groups -OCH3 is 2. The van der Waals surface area contributed by atoms with E-state index in [9.17, 15) is 14.7 Å². The Hall–Kier alpha value is -1.26. The van der Waals surface area contributed by atoms with E-state index in [4.69, 9.17) is 14.4 Å². The van der Waals surface area contributed by atoms with E-state index in [1.54, 1.807) is 6.92 Å². The van der Waals surface area contributed by atoms with Gasteiger partial charge in [0.15, 0.2) is 12.2 Å². The molecule has 0 aromatic carbocycles. The van der Waals surface area contributed by atoms with Gasteiger partial charge in [0.05, 0.1) is 20.8 Å². The van der Waals surface area contributed by atoms with Crippen molar-refractivity contribution in [1.82, 2.24) is 10.1 Å². The largest absolute Gasteiger partial charge is 0.467 e. The van der Waals surface area contributed by atoms with Crippen molar-refractivity contribution >= 4 is 11.9 Å². The van der Waals surface area contributed by atoms with E-state index < -0.39 is 18.2 Å². The van der Waals surface area contributed by atoms with E-state index in [0.717, 1.165) is 32.1 Å². The number of hydrogen-bond donors (Lipinski definition) is 1. The molecule has 9 heteroatoms. The normalized spacial score (nSPS) is 24.9. The fourth-order valence-electron chi connectivity index (χ4n) is 5.30. The minimum Gasteiger partial charge on any atom is -0.467 e. The van der Waals surface area contributed by atoms with Crippen LogP contribution >= 0.6 is 0 Å². The van der Waals surface area contributed by atoms with Crippen LogP contribution in [0.25, 0.3) is 0 Å². The molecule has 2 aliphatic rings. The van der Waals surface area contributed by atoms with Crippen molar-refractivity contribution in [2.24, 2.45) is 0 Å². The smallest absolute Gasteiger partial charge is 0.339 e. The minimum atomic E-state index is -0.952. The molecule has 0 amide bonds. The Morgan fingerprint density at radius 1 is 0.714 bits per heavy atom. The monoisotopic (exact) mass is 502 g/mol. The summed E-state index contributed by atoms with van der Waals surface area (Å²) in [4.78, 5) is 34.5. The summed E-state index contributed by atoms with van der Waals surface area (Å²) in [6.07, 6.45) is 4.94. The molecule has 0 aromatic heterocycles. The molecule has 2 atom stereocenters. The van der Waals surface area contributed by atoms with Crippen LogP contribution in [-0.2, 0) is 28.7 Å². The lowest BCUT2D eigenvalue weighted by molar-refractivity contribution is -0.305. The molecule has 0 spiro atoms. The zero-order valence-corrected chi connectivity index (χ0v) is 23.9. The fraction of sp³-hybridized carbons (Fsp3) is 0.923. The Kier molecular flexibility index (Phi) is 11.2. The standard InChI is InChI=1S/C13H25NO4.C13H25NO3/c1-12(2)7-6-8-13(3,4)14(12)18-10(9-15)11(16)17-5;1-10(11(15)16-6)17-14-12(2,3)8-7-9-13(14,4)5/h10,15H,6-9H2,1-5H3;10H,7-9H2,1-6H3. The molecule has 0 radical (unpaired) electrons. The first kappa shape index (κ1) is 31.8. The van der Waals surface area contributed by atoms with Gasteiger partial charge in [0.2, 0.25) is 0 Å². The highest BCUT2D eigenvalue weighted by Crippen LogP contribution is 2.39. The summed E-state index contributed by atoms with van der Waals surface area (Å²) < 4.78 is 9.33. The number of esters is 2. The lowest BCUT2D eigenvalue weighted by Crippen LogP contribution is -2.60. The number of aliphatic hydroxyl groups excluding tert-OH is 1. The second-order valence-electron chi connectivity index (χ2n) is 12.1. The molecule has 2 saturated heterocycles.